The summed E-state index contributed by atoms with van der Waals surface area (Å²) >= 11 is 5.89. The lowest BCUT2D eigenvalue weighted by molar-refractivity contribution is -0.116. The van der Waals surface area contributed by atoms with Crippen LogP contribution in [0.5, 0.6) is 0 Å². The fourth-order valence-corrected chi connectivity index (χ4v) is 3.03. The molecule has 0 radical (unpaired) electrons. The topological polar surface area (TPSA) is 100 Å². The molecule has 27 heavy (non-hydrogen) atoms. The molecule has 0 aliphatic heterocycles. The lowest BCUT2D eigenvalue weighted by Gasteiger charge is -2.25. The van der Waals surface area contributed by atoms with Crippen LogP contribution in [-0.4, -0.2) is 35.3 Å². The van der Waals surface area contributed by atoms with E-state index in [0.717, 1.165) is 6.42 Å². The number of benzene rings is 1. The van der Waals surface area contributed by atoms with Crippen molar-refractivity contribution in [2.24, 2.45) is 5.16 Å². The minimum Gasteiger partial charge on any atom is -0.511 e. The standard InChI is InChI=1S/C19H24ClN3O4/c1-3-6-15(23-27-4-2)18-16(24)10-14(11-17(18)25)22-19(26)21-13-8-5-7-12(20)9-13/h5,7-9,14,24H,3-4,6,10-11H2,1-2H3,(H2,21,22,26). The number of nitrogens with zero attached hydrogens (tertiary/aromatic N) is 1. The molecule has 1 aromatic rings. The van der Waals surface area contributed by atoms with Gasteiger partial charge in [-0.1, -0.05) is 36.2 Å². The van der Waals surface area contributed by atoms with Crippen LogP contribution >= 0.6 is 11.6 Å². The van der Waals surface area contributed by atoms with Crippen molar-refractivity contribution in [1.82, 2.24) is 5.32 Å². The Morgan fingerprint density at radius 2 is 2.15 bits per heavy atom. The molecule has 0 fully saturated rings. The number of anilines is 1. The smallest absolute Gasteiger partial charge is 0.319 e. The van der Waals surface area contributed by atoms with Crippen LogP contribution in [0.15, 0.2) is 40.8 Å². The van der Waals surface area contributed by atoms with E-state index in [2.05, 4.69) is 15.8 Å². The molecule has 1 atom stereocenters. The van der Waals surface area contributed by atoms with Gasteiger partial charge < -0.3 is 20.6 Å². The summed E-state index contributed by atoms with van der Waals surface area (Å²) in [5.41, 5.74) is 1.19. The number of hydrogen-bond acceptors (Lipinski definition) is 5. The molecular weight excluding hydrogens is 370 g/mol. The van der Waals surface area contributed by atoms with Gasteiger partial charge in [0.2, 0.25) is 0 Å². The van der Waals surface area contributed by atoms with Crippen LogP contribution in [0.1, 0.15) is 39.5 Å². The van der Waals surface area contributed by atoms with E-state index in [0.29, 0.717) is 29.4 Å². The monoisotopic (exact) mass is 393 g/mol. The fourth-order valence-electron chi connectivity index (χ4n) is 2.84. The summed E-state index contributed by atoms with van der Waals surface area (Å²) in [7, 11) is 0. The molecule has 0 spiro atoms. The number of aliphatic hydroxyl groups is 1. The van der Waals surface area contributed by atoms with E-state index in [1.165, 1.54) is 0 Å². The molecule has 0 heterocycles. The summed E-state index contributed by atoms with van der Waals surface area (Å²) in [5, 5.41) is 20.2. The van der Waals surface area contributed by atoms with Crippen molar-refractivity contribution in [2.45, 2.75) is 45.6 Å². The van der Waals surface area contributed by atoms with Gasteiger partial charge in [0.25, 0.3) is 0 Å². The van der Waals surface area contributed by atoms with Crippen molar-refractivity contribution in [3.05, 3.63) is 40.6 Å². The second kappa shape index (κ2) is 9.97. The first kappa shape index (κ1) is 20.8. The average Bonchev–Trinajstić information content (AvgIpc) is 2.58. The summed E-state index contributed by atoms with van der Waals surface area (Å²) in [4.78, 5) is 29.7. The van der Waals surface area contributed by atoms with Crippen LogP contribution in [0.25, 0.3) is 0 Å². The lowest BCUT2D eigenvalue weighted by atomic mass is 9.88. The van der Waals surface area contributed by atoms with Crippen LogP contribution in [-0.2, 0) is 9.63 Å². The van der Waals surface area contributed by atoms with Gasteiger partial charge in [-0.3, -0.25) is 4.79 Å². The Kier molecular flexibility index (Phi) is 7.67. The van der Waals surface area contributed by atoms with Gasteiger partial charge in [0.15, 0.2) is 5.78 Å². The Morgan fingerprint density at radius 1 is 1.37 bits per heavy atom. The normalized spacial score (nSPS) is 17.7. The van der Waals surface area contributed by atoms with Crippen LogP contribution in [0.3, 0.4) is 0 Å². The van der Waals surface area contributed by atoms with Gasteiger partial charge >= 0.3 is 6.03 Å². The number of urea groups is 1. The Bertz CT molecular complexity index is 761. The molecule has 2 rings (SSSR count). The maximum Gasteiger partial charge on any atom is 0.319 e. The van der Waals surface area contributed by atoms with E-state index in [4.69, 9.17) is 16.4 Å². The first-order valence-corrected chi connectivity index (χ1v) is 9.30. The molecule has 0 aromatic heterocycles. The maximum atomic E-state index is 12.5. The Hall–Kier alpha value is -2.54. The fraction of sp³-hybridized carbons (Fsp3) is 0.421. The van der Waals surface area contributed by atoms with Gasteiger partial charge in [-0.15, -0.1) is 0 Å². The molecule has 2 amide bonds. The van der Waals surface area contributed by atoms with Crippen LogP contribution in [0.2, 0.25) is 5.02 Å². The summed E-state index contributed by atoms with van der Waals surface area (Å²) in [6.07, 6.45) is 1.52. The molecule has 0 saturated heterocycles. The molecule has 1 aliphatic carbocycles. The number of Topliss-reactive ketones (excluding diaryl/α,β-unsaturated/α-hetero) is 1. The van der Waals surface area contributed by atoms with Gasteiger partial charge in [0.05, 0.1) is 11.3 Å². The van der Waals surface area contributed by atoms with Crippen molar-refractivity contribution in [3.63, 3.8) is 0 Å². The number of carbonyl (C=O) groups is 2. The SMILES string of the molecule is CCCC(=NOCC)C1=C(O)CC(NC(=O)Nc2cccc(Cl)c2)CC1=O. The summed E-state index contributed by atoms with van der Waals surface area (Å²) in [5.74, 6) is -0.343. The molecule has 3 N–H and O–H groups in total. The largest absolute Gasteiger partial charge is 0.511 e. The van der Waals surface area contributed by atoms with E-state index >= 15 is 0 Å². The quantitative estimate of drug-likeness (QED) is 0.477. The molecule has 0 bridgehead atoms. The van der Waals surface area contributed by atoms with Crippen molar-refractivity contribution >= 4 is 34.8 Å². The second-order valence-electron chi connectivity index (χ2n) is 6.16. The molecule has 7 nitrogen and oxygen atoms in total. The van der Waals surface area contributed by atoms with Gasteiger partial charge in [-0.25, -0.2) is 4.79 Å². The first-order valence-electron chi connectivity index (χ1n) is 8.92. The highest BCUT2D eigenvalue weighted by molar-refractivity contribution is 6.30. The lowest BCUT2D eigenvalue weighted by Crippen LogP contribution is -2.42. The predicted octanol–water partition coefficient (Wildman–Crippen LogP) is 4.20. The summed E-state index contributed by atoms with van der Waals surface area (Å²) in [6.45, 7) is 4.13. The summed E-state index contributed by atoms with van der Waals surface area (Å²) < 4.78 is 0. The van der Waals surface area contributed by atoms with Crippen molar-refractivity contribution < 1.29 is 19.5 Å². The Balaban J connectivity index is 2.05. The van der Waals surface area contributed by atoms with E-state index in [9.17, 15) is 14.7 Å². The molecule has 8 heteroatoms. The third kappa shape index (κ3) is 5.99. The molecule has 1 aromatic carbocycles. The molecular formula is C19H24ClN3O4. The van der Waals surface area contributed by atoms with Crippen LogP contribution in [0.4, 0.5) is 10.5 Å². The number of nitrogens with one attached hydrogen (secondary N) is 2. The highest BCUT2D eigenvalue weighted by Gasteiger charge is 2.31. The van der Waals surface area contributed by atoms with Crippen LogP contribution in [0, 0.1) is 0 Å². The molecule has 1 unspecified atom stereocenters. The number of halogens is 1. The van der Waals surface area contributed by atoms with Gasteiger partial charge in [0.1, 0.15) is 12.4 Å². The van der Waals surface area contributed by atoms with Gasteiger partial charge in [-0.2, -0.15) is 0 Å². The number of amides is 2. The summed E-state index contributed by atoms with van der Waals surface area (Å²) in [6, 6.07) is 5.76. The van der Waals surface area contributed by atoms with Gasteiger partial charge in [0, 0.05) is 29.6 Å². The molecule has 146 valence electrons. The zero-order chi connectivity index (χ0) is 19.8. The highest BCUT2D eigenvalue weighted by Crippen LogP contribution is 2.24. The van der Waals surface area contributed by atoms with Gasteiger partial charge in [-0.05, 0) is 31.5 Å². The third-order valence-electron chi connectivity index (χ3n) is 3.94. The predicted molar refractivity (Wildman–Crippen MR) is 105 cm³/mol. The maximum absolute atomic E-state index is 12.5. The number of hydrogen-bond donors (Lipinski definition) is 3. The zero-order valence-corrected chi connectivity index (χ0v) is 16.2. The van der Waals surface area contributed by atoms with E-state index in [-0.39, 0.29) is 30.0 Å². The van der Waals surface area contributed by atoms with Crippen LogP contribution < -0.4 is 10.6 Å². The third-order valence-corrected chi connectivity index (χ3v) is 4.17. The minimum atomic E-state index is -0.504. The van der Waals surface area contributed by atoms with E-state index in [1.54, 1.807) is 31.2 Å². The minimum absolute atomic E-state index is 0.0776. The zero-order valence-electron chi connectivity index (χ0n) is 15.4. The Labute approximate surface area is 163 Å². The highest BCUT2D eigenvalue weighted by atomic mass is 35.5. The number of ketones is 1. The first-order chi connectivity index (χ1) is 12.9. The average molecular weight is 394 g/mol. The van der Waals surface area contributed by atoms with Crippen molar-refractivity contribution in [2.75, 3.05) is 11.9 Å². The van der Waals surface area contributed by atoms with Crippen molar-refractivity contribution in [1.29, 1.82) is 0 Å². The Morgan fingerprint density at radius 3 is 2.78 bits per heavy atom. The number of oxime groups is 1. The number of allylic oxidation sites excluding steroid dienone is 1. The number of carbonyl (C=O) groups excluding carboxylic acids is 2. The number of rotatable bonds is 7. The second-order valence-corrected chi connectivity index (χ2v) is 6.60. The van der Waals surface area contributed by atoms with E-state index < -0.39 is 12.1 Å². The van der Waals surface area contributed by atoms with E-state index in [1.807, 2.05) is 6.92 Å². The molecule has 1 aliphatic rings. The van der Waals surface area contributed by atoms with Crippen molar-refractivity contribution in [3.8, 4) is 0 Å². The molecule has 0 saturated carbocycles. The number of aliphatic hydroxyl groups excluding tert-OH is 1.